The van der Waals surface area contributed by atoms with E-state index in [4.69, 9.17) is 4.74 Å². The zero-order valence-corrected chi connectivity index (χ0v) is 12.6. The number of nitrogens with one attached hydrogen (secondary N) is 1. The number of ether oxygens (including phenoxy) is 1. The van der Waals surface area contributed by atoms with Gasteiger partial charge in [0.1, 0.15) is 0 Å². The van der Waals surface area contributed by atoms with E-state index in [-0.39, 0.29) is 5.41 Å². The van der Waals surface area contributed by atoms with Crippen LogP contribution in [0.15, 0.2) is 10.7 Å². The lowest BCUT2D eigenvalue weighted by Gasteiger charge is -2.29. The van der Waals surface area contributed by atoms with Crippen LogP contribution in [0.4, 0.5) is 5.95 Å². The van der Waals surface area contributed by atoms with Gasteiger partial charge in [-0.1, -0.05) is 27.7 Å². The van der Waals surface area contributed by atoms with Crippen LogP contribution in [0, 0.1) is 11.3 Å². The molecule has 0 spiro atoms. The van der Waals surface area contributed by atoms with Gasteiger partial charge in [0.15, 0.2) is 0 Å². The quantitative estimate of drug-likeness (QED) is 0.906. The first-order chi connectivity index (χ1) is 7.86. The first kappa shape index (κ1) is 14.2. The highest BCUT2D eigenvalue weighted by atomic mass is 79.9. The van der Waals surface area contributed by atoms with Gasteiger partial charge in [-0.25, -0.2) is 4.98 Å². The Morgan fingerprint density at radius 3 is 2.65 bits per heavy atom. The molecule has 0 radical (unpaired) electrons. The Kier molecular flexibility index (Phi) is 4.74. The Balaban J connectivity index is 2.70. The summed E-state index contributed by atoms with van der Waals surface area (Å²) in [6, 6.07) is 0. The van der Waals surface area contributed by atoms with Crippen LogP contribution in [0.2, 0.25) is 0 Å². The summed E-state index contributed by atoms with van der Waals surface area (Å²) in [7, 11) is 1.59. The van der Waals surface area contributed by atoms with E-state index in [1.54, 1.807) is 13.3 Å². The van der Waals surface area contributed by atoms with Gasteiger partial charge in [0.05, 0.1) is 17.8 Å². The topological polar surface area (TPSA) is 47.0 Å². The van der Waals surface area contributed by atoms with E-state index in [2.05, 4.69) is 58.9 Å². The second kappa shape index (κ2) is 5.67. The van der Waals surface area contributed by atoms with Gasteiger partial charge in [0.25, 0.3) is 0 Å². The average molecular weight is 302 g/mol. The molecule has 0 aromatic carbocycles. The highest BCUT2D eigenvalue weighted by molar-refractivity contribution is 9.10. The maximum Gasteiger partial charge on any atom is 0.232 e. The maximum atomic E-state index is 5.13. The van der Waals surface area contributed by atoms with Crippen molar-refractivity contribution in [1.82, 2.24) is 9.97 Å². The van der Waals surface area contributed by atoms with Crippen molar-refractivity contribution >= 4 is 21.9 Å². The van der Waals surface area contributed by atoms with Crippen LogP contribution >= 0.6 is 15.9 Å². The zero-order valence-electron chi connectivity index (χ0n) is 11.0. The largest absolute Gasteiger partial charge is 0.480 e. The molecular formula is C12H20BrN3O. The molecule has 1 N–H and O–H groups in total. The van der Waals surface area contributed by atoms with E-state index in [0.29, 0.717) is 17.7 Å². The zero-order chi connectivity index (χ0) is 13.1. The van der Waals surface area contributed by atoms with Crippen LogP contribution in [0.25, 0.3) is 0 Å². The number of rotatable bonds is 5. The lowest BCUT2D eigenvalue weighted by molar-refractivity contribution is 0.269. The number of halogens is 1. The third kappa shape index (κ3) is 3.84. The molecule has 1 aromatic rings. The molecule has 1 rings (SSSR count). The van der Waals surface area contributed by atoms with Crippen LogP contribution in [0.3, 0.4) is 0 Å². The third-order valence-electron chi connectivity index (χ3n) is 3.17. The molecule has 96 valence electrons. The SMILES string of the molecule is COc1nc(NCC(C)(C)C(C)C)ncc1Br. The highest BCUT2D eigenvalue weighted by Crippen LogP contribution is 2.27. The maximum absolute atomic E-state index is 5.13. The molecule has 17 heavy (non-hydrogen) atoms. The Morgan fingerprint density at radius 2 is 2.12 bits per heavy atom. The lowest BCUT2D eigenvalue weighted by atomic mass is 9.81. The fraction of sp³-hybridized carbons (Fsp3) is 0.667. The third-order valence-corrected chi connectivity index (χ3v) is 3.71. The smallest absolute Gasteiger partial charge is 0.232 e. The van der Waals surface area contributed by atoms with Crippen LogP contribution in [0.1, 0.15) is 27.7 Å². The molecule has 1 heterocycles. The molecule has 0 aliphatic rings. The van der Waals surface area contributed by atoms with Crippen LogP contribution in [-0.2, 0) is 0 Å². The second-order valence-electron chi connectivity index (χ2n) is 5.05. The summed E-state index contributed by atoms with van der Waals surface area (Å²) >= 11 is 3.33. The molecule has 4 nitrogen and oxygen atoms in total. The normalized spacial score (nSPS) is 11.7. The van der Waals surface area contributed by atoms with Gasteiger partial charge in [0.2, 0.25) is 11.8 Å². The Hall–Kier alpha value is -0.840. The minimum atomic E-state index is 0.198. The minimum Gasteiger partial charge on any atom is -0.480 e. The fourth-order valence-electron chi connectivity index (χ4n) is 1.09. The molecule has 0 amide bonds. The van der Waals surface area contributed by atoms with Gasteiger partial charge in [-0.2, -0.15) is 4.98 Å². The lowest BCUT2D eigenvalue weighted by Crippen LogP contribution is -2.29. The molecule has 0 saturated heterocycles. The van der Waals surface area contributed by atoms with Crippen molar-refractivity contribution in [3.63, 3.8) is 0 Å². The summed E-state index contributed by atoms with van der Waals surface area (Å²) in [5, 5.41) is 3.25. The van der Waals surface area contributed by atoms with Crippen LogP contribution in [-0.4, -0.2) is 23.6 Å². The predicted octanol–water partition coefficient (Wildman–Crippen LogP) is 3.34. The summed E-state index contributed by atoms with van der Waals surface area (Å²) < 4.78 is 5.89. The molecular weight excluding hydrogens is 282 g/mol. The Morgan fingerprint density at radius 1 is 1.47 bits per heavy atom. The van der Waals surface area contributed by atoms with Crippen LogP contribution in [0.5, 0.6) is 5.88 Å². The Labute approximate surface area is 111 Å². The second-order valence-corrected chi connectivity index (χ2v) is 5.90. The number of anilines is 1. The fourth-order valence-corrected chi connectivity index (χ4v) is 1.44. The first-order valence-electron chi connectivity index (χ1n) is 5.67. The summed E-state index contributed by atoms with van der Waals surface area (Å²) in [6.07, 6.45) is 1.69. The number of hydrogen-bond acceptors (Lipinski definition) is 4. The average Bonchev–Trinajstić information content (AvgIpc) is 2.28. The molecule has 0 bridgehead atoms. The molecule has 5 heteroatoms. The van der Waals surface area contributed by atoms with E-state index < -0.39 is 0 Å². The highest BCUT2D eigenvalue weighted by Gasteiger charge is 2.22. The standard InChI is InChI=1S/C12H20BrN3O/c1-8(2)12(3,4)7-15-11-14-6-9(13)10(16-11)17-5/h6,8H,7H2,1-5H3,(H,14,15,16). The van der Waals surface area contributed by atoms with Crippen molar-refractivity contribution in [2.75, 3.05) is 19.0 Å². The summed E-state index contributed by atoms with van der Waals surface area (Å²) in [6.45, 7) is 9.70. The van der Waals surface area contributed by atoms with Crippen molar-refractivity contribution in [1.29, 1.82) is 0 Å². The van der Waals surface area contributed by atoms with E-state index in [1.807, 2.05) is 0 Å². The van der Waals surface area contributed by atoms with E-state index in [1.165, 1.54) is 0 Å². The van der Waals surface area contributed by atoms with Crippen molar-refractivity contribution in [2.45, 2.75) is 27.7 Å². The van der Waals surface area contributed by atoms with Gasteiger partial charge in [-0.15, -0.1) is 0 Å². The van der Waals surface area contributed by atoms with E-state index in [9.17, 15) is 0 Å². The predicted molar refractivity (Wildman–Crippen MR) is 73.4 cm³/mol. The monoisotopic (exact) mass is 301 g/mol. The minimum absolute atomic E-state index is 0.198. The van der Waals surface area contributed by atoms with E-state index in [0.717, 1.165) is 11.0 Å². The van der Waals surface area contributed by atoms with Crippen LogP contribution < -0.4 is 10.1 Å². The van der Waals surface area contributed by atoms with Gasteiger partial charge in [0, 0.05) is 6.54 Å². The summed E-state index contributed by atoms with van der Waals surface area (Å²) in [5.74, 6) is 1.73. The van der Waals surface area contributed by atoms with Gasteiger partial charge < -0.3 is 10.1 Å². The molecule has 1 aromatic heterocycles. The molecule has 0 atom stereocenters. The summed E-state index contributed by atoms with van der Waals surface area (Å²) in [4.78, 5) is 8.46. The Bertz CT molecular complexity index is 380. The van der Waals surface area contributed by atoms with Gasteiger partial charge in [-0.05, 0) is 27.3 Å². The number of aromatic nitrogens is 2. The van der Waals surface area contributed by atoms with Crippen molar-refractivity contribution in [3.05, 3.63) is 10.7 Å². The van der Waals surface area contributed by atoms with Crippen molar-refractivity contribution < 1.29 is 4.74 Å². The molecule has 0 saturated carbocycles. The van der Waals surface area contributed by atoms with Crippen molar-refractivity contribution in [3.8, 4) is 5.88 Å². The molecule has 0 fully saturated rings. The number of hydrogen-bond donors (Lipinski definition) is 1. The first-order valence-corrected chi connectivity index (χ1v) is 6.46. The van der Waals surface area contributed by atoms with Crippen molar-refractivity contribution in [2.24, 2.45) is 11.3 Å². The van der Waals surface area contributed by atoms with E-state index >= 15 is 0 Å². The molecule has 0 aliphatic heterocycles. The number of methoxy groups -OCH3 is 1. The number of nitrogens with zero attached hydrogens (tertiary/aromatic N) is 2. The summed E-state index contributed by atoms with van der Waals surface area (Å²) in [5.41, 5.74) is 0.198. The molecule has 0 aliphatic carbocycles. The molecule has 0 unspecified atom stereocenters. The van der Waals surface area contributed by atoms with Gasteiger partial charge in [-0.3, -0.25) is 0 Å². The van der Waals surface area contributed by atoms with Gasteiger partial charge >= 0.3 is 0 Å².